The lowest BCUT2D eigenvalue weighted by Gasteiger charge is -2.20. The molecule has 2 rings (SSSR count). The summed E-state index contributed by atoms with van der Waals surface area (Å²) >= 11 is 0. The summed E-state index contributed by atoms with van der Waals surface area (Å²) in [4.78, 5) is 9.93. The van der Waals surface area contributed by atoms with Crippen LogP contribution in [0, 0.1) is 10.1 Å². The molecule has 1 aliphatic heterocycles. The molecule has 0 amide bonds. The molecule has 1 saturated heterocycles. The van der Waals surface area contributed by atoms with Crippen LogP contribution >= 0.6 is 0 Å². The largest absolute Gasteiger partial charge is 0.312 e. The average molecular weight is 299 g/mol. The lowest BCUT2D eigenvalue weighted by atomic mass is 10.1. The quantitative estimate of drug-likeness (QED) is 0.624. The van der Waals surface area contributed by atoms with Crippen LogP contribution in [0.2, 0.25) is 0 Å². The van der Waals surface area contributed by atoms with Gasteiger partial charge in [-0.05, 0) is 32.4 Å². The van der Waals surface area contributed by atoms with Gasteiger partial charge in [-0.1, -0.05) is 12.1 Å². The van der Waals surface area contributed by atoms with Crippen LogP contribution < -0.4 is 10.0 Å². The molecule has 7 nitrogen and oxygen atoms in total. The van der Waals surface area contributed by atoms with Crippen molar-refractivity contribution in [2.24, 2.45) is 0 Å². The SMILES string of the molecule is CC(NS(=O)(=O)c1ccccc1[N+](=O)[O-])C1CCCN1. The van der Waals surface area contributed by atoms with Gasteiger partial charge in [0.15, 0.2) is 4.90 Å². The molecule has 0 bridgehead atoms. The Morgan fingerprint density at radius 3 is 2.75 bits per heavy atom. The molecule has 110 valence electrons. The number of benzene rings is 1. The van der Waals surface area contributed by atoms with Crippen LogP contribution in [0.15, 0.2) is 29.2 Å². The van der Waals surface area contributed by atoms with Crippen molar-refractivity contribution in [2.75, 3.05) is 6.54 Å². The molecule has 0 radical (unpaired) electrons. The fourth-order valence-corrected chi connectivity index (χ4v) is 3.82. The minimum atomic E-state index is -3.90. The summed E-state index contributed by atoms with van der Waals surface area (Å²) in [5.41, 5.74) is -0.411. The van der Waals surface area contributed by atoms with Gasteiger partial charge in [0.05, 0.1) is 4.92 Å². The topological polar surface area (TPSA) is 101 Å². The van der Waals surface area contributed by atoms with Crippen molar-refractivity contribution in [2.45, 2.75) is 36.7 Å². The van der Waals surface area contributed by atoms with Gasteiger partial charge in [-0.3, -0.25) is 10.1 Å². The van der Waals surface area contributed by atoms with Crippen LogP contribution in [0.25, 0.3) is 0 Å². The molecule has 0 spiro atoms. The molecule has 0 saturated carbocycles. The lowest BCUT2D eigenvalue weighted by Crippen LogP contribution is -2.45. The maximum atomic E-state index is 12.3. The van der Waals surface area contributed by atoms with E-state index in [1.807, 2.05) is 0 Å². The number of sulfonamides is 1. The standard InChI is InChI=1S/C12H17N3O4S/c1-9(10-5-4-8-13-10)14-20(18,19)12-7-3-2-6-11(12)15(16)17/h2-3,6-7,9-10,13-14H,4-5,8H2,1H3. The smallest absolute Gasteiger partial charge is 0.289 e. The third-order valence-electron chi connectivity index (χ3n) is 3.39. The van der Waals surface area contributed by atoms with Crippen molar-refractivity contribution in [3.05, 3.63) is 34.4 Å². The summed E-state index contributed by atoms with van der Waals surface area (Å²) in [6.07, 6.45) is 1.89. The molecule has 20 heavy (non-hydrogen) atoms. The highest BCUT2D eigenvalue weighted by Crippen LogP contribution is 2.23. The Morgan fingerprint density at radius 1 is 1.45 bits per heavy atom. The van der Waals surface area contributed by atoms with E-state index in [2.05, 4.69) is 10.0 Å². The highest BCUT2D eigenvalue weighted by Gasteiger charge is 2.29. The second-order valence-corrected chi connectivity index (χ2v) is 6.52. The molecular formula is C12H17N3O4S. The third-order valence-corrected chi connectivity index (χ3v) is 5.00. The highest BCUT2D eigenvalue weighted by atomic mass is 32.2. The first kappa shape index (κ1) is 14.9. The Morgan fingerprint density at radius 2 is 2.15 bits per heavy atom. The van der Waals surface area contributed by atoms with E-state index in [-0.39, 0.29) is 17.0 Å². The summed E-state index contributed by atoms with van der Waals surface area (Å²) in [5.74, 6) is 0. The van der Waals surface area contributed by atoms with Gasteiger partial charge in [0.25, 0.3) is 5.69 Å². The number of para-hydroxylation sites is 1. The monoisotopic (exact) mass is 299 g/mol. The second kappa shape index (κ2) is 5.86. The number of nitrogens with zero attached hydrogens (tertiary/aromatic N) is 1. The van der Waals surface area contributed by atoms with Crippen molar-refractivity contribution in [3.8, 4) is 0 Å². The number of nitro benzene ring substituents is 1. The fourth-order valence-electron chi connectivity index (χ4n) is 2.36. The predicted molar refractivity (Wildman–Crippen MR) is 73.9 cm³/mol. The molecule has 1 aromatic carbocycles. The maximum Gasteiger partial charge on any atom is 0.289 e. The van der Waals surface area contributed by atoms with E-state index in [9.17, 15) is 18.5 Å². The molecule has 2 atom stereocenters. The minimum absolute atomic E-state index is 0.0625. The van der Waals surface area contributed by atoms with Crippen LogP contribution in [0.5, 0.6) is 0 Å². The van der Waals surface area contributed by atoms with Crippen molar-refractivity contribution in [1.82, 2.24) is 10.0 Å². The van der Waals surface area contributed by atoms with E-state index in [0.717, 1.165) is 19.4 Å². The van der Waals surface area contributed by atoms with Crippen LogP contribution in [0.1, 0.15) is 19.8 Å². The molecule has 1 aromatic rings. The lowest BCUT2D eigenvalue weighted by molar-refractivity contribution is -0.387. The van der Waals surface area contributed by atoms with E-state index in [1.54, 1.807) is 6.92 Å². The molecule has 0 aromatic heterocycles. The van der Waals surface area contributed by atoms with E-state index >= 15 is 0 Å². The fraction of sp³-hybridized carbons (Fsp3) is 0.500. The molecular weight excluding hydrogens is 282 g/mol. The Hall–Kier alpha value is -1.51. The van der Waals surface area contributed by atoms with Gasteiger partial charge >= 0.3 is 0 Å². The van der Waals surface area contributed by atoms with Crippen molar-refractivity contribution in [3.63, 3.8) is 0 Å². The summed E-state index contributed by atoms with van der Waals surface area (Å²) in [6.45, 7) is 2.62. The summed E-state index contributed by atoms with van der Waals surface area (Å²) in [6, 6.07) is 5.09. The Labute approximate surface area is 117 Å². The van der Waals surface area contributed by atoms with Crippen LogP contribution in [0.4, 0.5) is 5.69 Å². The Balaban J connectivity index is 2.24. The van der Waals surface area contributed by atoms with Gasteiger partial charge in [-0.15, -0.1) is 0 Å². The van der Waals surface area contributed by atoms with Gasteiger partial charge in [0.2, 0.25) is 10.0 Å². The summed E-state index contributed by atoms with van der Waals surface area (Å²) < 4.78 is 27.1. The van der Waals surface area contributed by atoms with Gasteiger partial charge in [0, 0.05) is 18.2 Å². The van der Waals surface area contributed by atoms with Gasteiger partial charge in [-0.2, -0.15) is 0 Å². The average Bonchev–Trinajstić information content (AvgIpc) is 2.92. The van der Waals surface area contributed by atoms with Crippen LogP contribution in [-0.4, -0.2) is 32.0 Å². The first-order valence-corrected chi connectivity index (χ1v) is 7.89. The molecule has 1 aliphatic rings. The normalized spacial score (nSPS) is 20.8. The van der Waals surface area contributed by atoms with Crippen molar-refractivity contribution < 1.29 is 13.3 Å². The number of hydrogen-bond donors (Lipinski definition) is 2. The van der Waals surface area contributed by atoms with Crippen molar-refractivity contribution in [1.29, 1.82) is 0 Å². The molecule has 1 heterocycles. The number of hydrogen-bond acceptors (Lipinski definition) is 5. The Kier molecular flexibility index (Phi) is 4.36. The minimum Gasteiger partial charge on any atom is -0.312 e. The van der Waals surface area contributed by atoms with E-state index < -0.39 is 20.6 Å². The first-order chi connectivity index (χ1) is 9.42. The molecule has 8 heteroatoms. The van der Waals surface area contributed by atoms with Crippen LogP contribution in [-0.2, 0) is 10.0 Å². The van der Waals surface area contributed by atoms with Crippen LogP contribution in [0.3, 0.4) is 0 Å². The van der Waals surface area contributed by atoms with Gasteiger partial charge < -0.3 is 5.32 Å². The summed E-state index contributed by atoms with van der Waals surface area (Å²) in [7, 11) is -3.90. The van der Waals surface area contributed by atoms with Gasteiger partial charge in [-0.25, -0.2) is 13.1 Å². The second-order valence-electron chi connectivity index (χ2n) is 4.84. The molecule has 0 aliphatic carbocycles. The molecule has 1 fully saturated rings. The highest BCUT2D eigenvalue weighted by molar-refractivity contribution is 7.89. The number of rotatable bonds is 5. The first-order valence-electron chi connectivity index (χ1n) is 6.41. The predicted octanol–water partition coefficient (Wildman–Crippen LogP) is 1.01. The van der Waals surface area contributed by atoms with E-state index in [4.69, 9.17) is 0 Å². The Bertz CT molecular complexity index is 596. The zero-order valence-corrected chi connectivity index (χ0v) is 11.9. The van der Waals surface area contributed by atoms with E-state index in [0.29, 0.717) is 0 Å². The van der Waals surface area contributed by atoms with E-state index in [1.165, 1.54) is 24.3 Å². The number of nitro groups is 1. The third kappa shape index (κ3) is 3.14. The molecule has 2 unspecified atom stereocenters. The zero-order chi connectivity index (χ0) is 14.8. The van der Waals surface area contributed by atoms with Crippen molar-refractivity contribution >= 4 is 15.7 Å². The van der Waals surface area contributed by atoms with Gasteiger partial charge in [0.1, 0.15) is 0 Å². The zero-order valence-electron chi connectivity index (χ0n) is 11.1. The number of nitrogens with one attached hydrogen (secondary N) is 2. The summed E-state index contributed by atoms with van der Waals surface area (Å²) in [5, 5.41) is 14.1. The maximum absolute atomic E-state index is 12.3. The molecule has 2 N–H and O–H groups in total.